The normalized spacial score (nSPS) is 11.7. The number of aryl methyl sites for hydroxylation is 1. The first-order chi connectivity index (χ1) is 14.3. The largest absolute Gasteiger partial charge is 0.460 e. The van der Waals surface area contributed by atoms with Gasteiger partial charge in [-0.15, -0.1) is 0 Å². The Morgan fingerprint density at radius 3 is 1.90 bits per heavy atom. The number of hydrogen-bond acceptors (Lipinski definition) is 5. The molecular formula is C23H25NO5S. The number of carbonyl (C=O) groups is 1. The maximum absolute atomic E-state index is 11.8. The molecule has 0 aliphatic carbocycles. The number of ether oxygens (including phenoxy) is 1. The van der Waals surface area contributed by atoms with E-state index >= 15 is 0 Å². The van der Waals surface area contributed by atoms with E-state index in [0.717, 1.165) is 16.7 Å². The van der Waals surface area contributed by atoms with Crippen LogP contribution in [-0.2, 0) is 32.7 Å². The number of rotatable bonds is 6. The van der Waals surface area contributed by atoms with E-state index in [4.69, 9.17) is 15.0 Å². The van der Waals surface area contributed by atoms with Gasteiger partial charge in [0.05, 0.1) is 4.90 Å². The molecule has 0 aliphatic rings. The average molecular weight is 428 g/mol. The molecule has 1 unspecified atom stereocenters. The third kappa shape index (κ3) is 8.16. The lowest BCUT2D eigenvalue weighted by Crippen LogP contribution is -2.34. The average Bonchev–Trinajstić information content (AvgIpc) is 2.73. The van der Waals surface area contributed by atoms with Crippen LogP contribution in [0, 0.1) is 6.92 Å². The van der Waals surface area contributed by atoms with Gasteiger partial charge in [-0.2, -0.15) is 8.42 Å². The van der Waals surface area contributed by atoms with Gasteiger partial charge in [-0.25, -0.2) is 0 Å². The van der Waals surface area contributed by atoms with Crippen molar-refractivity contribution in [2.24, 2.45) is 5.73 Å². The number of carbonyl (C=O) groups excluding carboxylic acids is 1. The van der Waals surface area contributed by atoms with E-state index in [2.05, 4.69) is 0 Å². The summed E-state index contributed by atoms with van der Waals surface area (Å²) in [6.45, 7) is 2.11. The molecule has 0 bridgehead atoms. The second kappa shape index (κ2) is 11.3. The Labute approximate surface area is 177 Å². The summed E-state index contributed by atoms with van der Waals surface area (Å²) < 4.78 is 34.7. The molecule has 30 heavy (non-hydrogen) atoms. The van der Waals surface area contributed by atoms with E-state index < -0.39 is 16.2 Å². The summed E-state index contributed by atoms with van der Waals surface area (Å²) in [5.74, 6) is -0.368. The van der Waals surface area contributed by atoms with Gasteiger partial charge in [-0.1, -0.05) is 78.4 Å². The summed E-state index contributed by atoms with van der Waals surface area (Å²) >= 11 is 0. The number of nitrogens with two attached hydrogens (primary N) is 1. The van der Waals surface area contributed by atoms with E-state index in [1.165, 1.54) is 12.1 Å². The molecular weight excluding hydrogens is 402 g/mol. The summed E-state index contributed by atoms with van der Waals surface area (Å²) in [6, 6.07) is 24.6. The standard InChI is InChI=1S/C16H17NO2.C7H8O3S/c17-15(11-13-7-3-1-4-8-13)16(18)19-12-14-9-5-2-6-10-14;1-6-2-4-7(5-3-6)11(8,9)10/h1-10,15H,11-12,17H2;2-5H,1H3,(H,8,9,10). The molecule has 0 saturated carbocycles. The first-order valence-electron chi connectivity index (χ1n) is 9.30. The highest BCUT2D eigenvalue weighted by Crippen LogP contribution is 2.08. The maximum Gasteiger partial charge on any atom is 0.323 e. The molecule has 3 rings (SSSR count). The third-order valence-corrected chi connectivity index (χ3v) is 5.01. The van der Waals surface area contributed by atoms with Gasteiger partial charge in [0.15, 0.2) is 0 Å². The van der Waals surface area contributed by atoms with Crippen LogP contribution >= 0.6 is 0 Å². The smallest absolute Gasteiger partial charge is 0.323 e. The van der Waals surface area contributed by atoms with Crippen molar-refractivity contribution in [3.05, 3.63) is 102 Å². The van der Waals surface area contributed by atoms with Crippen LogP contribution in [0.5, 0.6) is 0 Å². The van der Waals surface area contributed by atoms with Crippen molar-refractivity contribution >= 4 is 16.1 Å². The Morgan fingerprint density at radius 1 is 0.900 bits per heavy atom. The van der Waals surface area contributed by atoms with Crippen molar-refractivity contribution in [1.82, 2.24) is 0 Å². The summed E-state index contributed by atoms with van der Waals surface area (Å²) in [7, 11) is -4.02. The molecule has 158 valence electrons. The second-order valence-corrected chi connectivity index (χ2v) is 8.10. The molecule has 3 aromatic carbocycles. The van der Waals surface area contributed by atoms with E-state index in [-0.39, 0.29) is 17.5 Å². The number of esters is 1. The Hall–Kier alpha value is -3.00. The fourth-order valence-corrected chi connectivity index (χ4v) is 2.98. The first-order valence-corrected chi connectivity index (χ1v) is 10.7. The van der Waals surface area contributed by atoms with Crippen LogP contribution < -0.4 is 5.73 Å². The Bertz CT molecular complexity index is 1020. The van der Waals surface area contributed by atoms with E-state index in [1.54, 1.807) is 12.1 Å². The lowest BCUT2D eigenvalue weighted by Gasteiger charge is -2.11. The van der Waals surface area contributed by atoms with Gasteiger partial charge in [0.1, 0.15) is 12.6 Å². The quantitative estimate of drug-likeness (QED) is 0.460. The zero-order valence-corrected chi connectivity index (χ0v) is 17.5. The van der Waals surface area contributed by atoms with Crippen LogP contribution in [-0.4, -0.2) is 25.0 Å². The zero-order chi connectivity index (χ0) is 22.0. The molecule has 0 aliphatic heterocycles. The lowest BCUT2D eigenvalue weighted by atomic mass is 10.1. The molecule has 0 fully saturated rings. The summed E-state index contributed by atoms with van der Waals surface area (Å²) in [4.78, 5) is 11.7. The van der Waals surface area contributed by atoms with Crippen LogP contribution in [0.2, 0.25) is 0 Å². The molecule has 7 heteroatoms. The fraction of sp³-hybridized carbons (Fsp3) is 0.174. The molecule has 1 atom stereocenters. The zero-order valence-electron chi connectivity index (χ0n) is 16.6. The van der Waals surface area contributed by atoms with Crippen molar-refractivity contribution in [1.29, 1.82) is 0 Å². The van der Waals surface area contributed by atoms with E-state index in [1.807, 2.05) is 67.6 Å². The molecule has 0 spiro atoms. The SMILES string of the molecule is Cc1ccc(S(=O)(=O)O)cc1.NC(Cc1ccccc1)C(=O)OCc1ccccc1. The van der Waals surface area contributed by atoms with Gasteiger partial charge in [-0.3, -0.25) is 9.35 Å². The Kier molecular flexibility index (Phi) is 8.73. The van der Waals surface area contributed by atoms with Crippen LogP contribution in [0.15, 0.2) is 89.8 Å². The van der Waals surface area contributed by atoms with Gasteiger partial charge in [0.25, 0.3) is 10.1 Å². The van der Waals surface area contributed by atoms with E-state index in [0.29, 0.717) is 6.42 Å². The molecule has 0 radical (unpaired) electrons. The highest BCUT2D eigenvalue weighted by molar-refractivity contribution is 7.85. The van der Waals surface area contributed by atoms with Crippen molar-refractivity contribution in [2.75, 3.05) is 0 Å². The van der Waals surface area contributed by atoms with Crippen molar-refractivity contribution in [2.45, 2.75) is 30.9 Å². The molecule has 0 aromatic heterocycles. The van der Waals surface area contributed by atoms with Gasteiger partial charge in [0.2, 0.25) is 0 Å². The molecule has 6 nitrogen and oxygen atoms in total. The summed E-state index contributed by atoms with van der Waals surface area (Å²) in [5.41, 5.74) is 8.79. The molecule has 3 aromatic rings. The lowest BCUT2D eigenvalue weighted by molar-refractivity contribution is -0.146. The number of hydrogen-bond donors (Lipinski definition) is 2. The fourth-order valence-electron chi connectivity index (χ4n) is 2.50. The van der Waals surface area contributed by atoms with Gasteiger partial charge < -0.3 is 10.5 Å². The van der Waals surface area contributed by atoms with Gasteiger partial charge in [-0.05, 0) is 36.6 Å². The van der Waals surface area contributed by atoms with E-state index in [9.17, 15) is 13.2 Å². The van der Waals surface area contributed by atoms with Gasteiger partial charge >= 0.3 is 5.97 Å². The maximum atomic E-state index is 11.8. The van der Waals surface area contributed by atoms with Crippen LogP contribution in [0.3, 0.4) is 0 Å². The molecule has 3 N–H and O–H groups in total. The molecule has 0 heterocycles. The number of benzene rings is 3. The minimum atomic E-state index is -4.02. The topological polar surface area (TPSA) is 107 Å². The van der Waals surface area contributed by atoms with Crippen LogP contribution in [0.1, 0.15) is 16.7 Å². The van der Waals surface area contributed by atoms with Crippen molar-refractivity contribution in [3.8, 4) is 0 Å². The summed E-state index contributed by atoms with van der Waals surface area (Å²) in [5, 5.41) is 0. The minimum Gasteiger partial charge on any atom is -0.460 e. The molecule has 0 saturated heterocycles. The van der Waals surface area contributed by atoms with Crippen LogP contribution in [0.4, 0.5) is 0 Å². The third-order valence-electron chi connectivity index (χ3n) is 4.14. The highest BCUT2D eigenvalue weighted by Gasteiger charge is 2.15. The first kappa shape index (κ1) is 23.3. The minimum absolute atomic E-state index is 0.0666. The van der Waals surface area contributed by atoms with Crippen molar-refractivity contribution < 1.29 is 22.5 Å². The van der Waals surface area contributed by atoms with Crippen molar-refractivity contribution in [3.63, 3.8) is 0 Å². The molecule has 0 amide bonds. The second-order valence-electron chi connectivity index (χ2n) is 6.68. The highest BCUT2D eigenvalue weighted by atomic mass is 32.2. The monoisotopic (exact) mass is 427 g/mol. The predicted molar refractivity (Wildman–Crippen MR) is 115 cm³/mol. The Morgan fingerprint density at radius 2 is 1.40 bits per heavy atom. The predicted octanol–water partition coefficient (Wildman–Crippen LogP) is 3.54. The Balaban J connectivity index is 0.000000248. The van der Waals surface area contributed by atoms with Gasteiger partial charge in [0, 0.05) is 0 Å². The summed E-state index contributed by atoms with van der Waals surface area (Å²) in [6.07, 6.45) is 0.495. The van der Waals surface area contributed by atoms with Crippen LogP contribution in [0.25, 0.3) is 0 Å².